The van der Waals surface area contributed by atoms with Gasteiger partial charge in [-0.2, -0.15) is 5.10 Å². The van der Waals surface area contributed by atoms with Crippen molar-refractivity contribution in [1.82, 2.24) is 19.7 Å². The van der Waals surface area contributed by atoms with Crippen LogP contribution in [0.25, 0.3) is 5.69 Å². The maximum absolute atomic E-state index is 12.9. The van der Waals surface area contributed by atoms with Crippen molar-refractivity contribution >= 4 is 5.91 Å². The molecule has 7 heteroatoms. The molecule has 2 heterocycles. The minimum Gasteiger partial charge on any atom is -0.396 e. The number of carbonyl (C=O) groups excluding carboxylic acids is 1. The molecule has 0 bridgehead atoms. The standard InChI is InChI=1S/C15H18N4O3/c20-8-12-7-18(5-6-22-9-12)15(21)13-3-1-2-4-14(13)19-11-16-10-17-19/h1-4,10-12,20H,5-9H2. The largest absolute Gasteiger partial charge is 0.396 e. The Morgan fingerprint density at radius 1 is 1.41 bits per heavy atom. The Morgan fingerprint density at radius 3 is 3.05 bits per heavy atom. The van der Waals surface area contributed by atoms with E-state index in [1.54, 1.807) is 22.0 Å². The molecule has 22 heavy (non-hydrogen) atoms. The first-order valence-corrected chi connectivity index (χ1v) is 7.21. The molecule has 3 rings (SSSR count). The molecule has 1 aliphatic heterocycles. The van der Waals surface area contributed by atoms with Gasteiger partial charge < -0.3 is 14.7 Å². The van der Waals surface area contributed by atoms with E-state index in [2.05, 4.69) is 10.1 Å². The van der Waals surface area contributed by atoms with Crippen molar-refractivity contribution in [1.29, 1.82) is 0 Å². The predicted octanol–water partition coefficient (Wildman–Crippen LogP) is 0.348. The summed E-state index contributed by atoms with van der Waals surface area (Å²) >= 11 is 0. The minimum atomic E-state index is -0.0879. The van der Waals surface area contributed by atoms with Crippen LogP contribution in [0, 0.1) is 5.92 Å². The number of benzene rings is 1. The van der Waals surface area contributed by atoms with Crippen molar-refractivity contribution < 1.29 is 14.6 Å². The second-order valence-corrected chi connectivity index (χ2v) is 5.23. The monoisotopic (exact) mass is 302 g/mol. The molecule has 1 N–H and O–H groups in total. The summed E-state index contributed by atoms with van der Waals surface area (Å²) in [6.45, 7) is 1.97. The summed E-state index contributed by atoms with van der Waals surface area (Å²) in [5.74, 6) is -0.139. The molecule has 1 unspecified atom stereocenters. The summed E-state index contributed by atoms with van der Waals surface area (Å²) in [5, 5.41) is 13.4. The van der Waals surface area contributed by atoms with E-state index in [0.29, 0.717) is 37.6 Å². The maximum Gasteiger partial charge on any atom is 0.256 e. The molecular weight excluding hydrogens is 284 g/mol. The number of amides is 1. The molecule has 1 fully saturated rings. The van der Waals surface area contributed by atoms with E-state index in [-0.39, 0.29) is 18.4 Å². The van der Waals surface area contributed by atoms with E-state index in [1.807, 2.05) is 18.2 Å². The normalized spacial score (nSPS) is 19.0. The van der Waals surface area contributed by atoms with E-state index < -0.39 is 0 Å². The van der Waals surface area contributed by atoms with Crippen LogP contribution in [0.1, 0.15) is 10.4 Å². The number of hydrogen-bond donors (Lipinski definition) is 1. The summed E-state index contributed by atoms with van der Waals surface area (Å²) < 4.78 is 7.01. The van der Waals surface area contributed by atoms with E-state index in [4.69, 9.17) is 4.74 Å². The number of ether oxygens (including phenoxy) is 1. The van der Waals surface area contributed by atoms with Gasteiger partial charge in [0.15, 0.2) is 0 Å². The Bertz CT molecular complexity index is 629. The number of nitrogens with zero attached hydrogens (tertiary/aromatic N) is 4. The smallest absolute Gasteiger partial charge is 0.256 e. The molecule has 7 nitrogen and oxygen atoms in total. The Kier molecular flexibility index (Phi) is 4.45. The van der Waals surface area contributed by atoms with Crippen molar-refractivity contribution in [3.8, 4) is 5.69 Å². The molecule has 2 aromatic rings. The summed E-state index contributed by atoms with van der Waals surface area (Å²) in [6.07, 6.45) is 3.00. The van der Waals surface area contributed by atoms with Crippen LogP contribution in [-0.4, -0.2) is 63.6 Å². The molecule has 0 aliphatic carbocycles. The van der Waals surface area contributed by atoms with Gasteiger partial charge in [-0.1, -0.05) is 12.1 Å². The van der Waals surface area contributed by atoms with Crippen LogP contribution in [0.5, 0.6) is 0 Å². The van der Waals surface area contributed by atoms with Crippen LogP contribution in [0.4, 0.5) is 0 Å². The molecule has 0 radical (unpaired) electrons. The zero-order valence-electron chi connectivity index (χ0n) is 12.1. The van der Waals surface area contributed by atoms with E-state index in [9.17, 15) is 9.90 Å². The molecule has 0 saturated carbocycles. The lowest BCUT2D eigenvalue weighted by atomic mass is 10.1. The van der Waals surface area contributed by atoms with Crippen LogP contribution in [-0.2, 0) is 4.74 Å². The average Bonchev–Trinajstić information content (AvgIpc) is 2.99. The maximum atomic E-state index is 12.9. The summed E-state index contributed by atoms with van der Waals surface area (Å²) in [6, 6.07) is 7.29. The molecule has 1 amide bonds. The molecule has 1 aliphatic rings. The van der Waals surface area contributed by atoms with Gasteiger partial charge in [0, 0.05) is 25.6 Å². The third-order valence-electron chi connectivity index (χ3n) is 3.68. The zero-order chi connectivity index (χ0) is 15.4. The van der Waals surface area contributed by atoms with Crippen molar-refractivity contribution in [2.75, 3.05) is 32.9 Å². The van der Waals surface area contributed by atoms with Crippen molar-refractivity contribution in [2.45, 2.75) is 0 Å². The average molecular weight is 302 g/mol. The lowest BCUT2D eigenvalue weighted by molar-refractivity contribution is 0.0728. The lowest BCUT2D eigenvalue weighted by Crippen LogP contribution is -2.37. The fourth-order valence-electron chi connectivity index (χ4n) is 2.53. The Hall–Kier alpha value is -2.25. The van der Waals surface area contributed by atoms with Crippen molar-refractivity contribution in [2.24, 2.45) is 5.92 Å². The molecule has 116 valence electrons. The number of aromatic nitrogens is 3. The summed E-state index contributed by atoms with van der Waals surface area (Å²) in [7, 11) is 0. The van der Waals surface area contributed by atoms with Gasteiger partial charge in [0.05, 0.1) is 24.5 Å². The van der Waals surface area contributed by atoms with Gasteiger partial charge in [0.1, 0.15) is 12.7 Å². The van der Waals surface area contributed by atoms with Gasteiger partial charge in [-0.25, -0.2) is 9.67 Å². The Labute approximate surface area is 128 Å². The van der Waals surface area contributed by atoms with Gasteiger partial charge in [-0.3, -0.25) is 4.79 Å². The number of aliphatic hydroxyl groups is 1. The third-order valence-corrected chi connectivity index (χ3v) is 3.68. The fourth-order valence-corrected chi connectivity index (χ4v) is 2.53. The van der Waals surface area contributed by atoms with E-state index in [1.165, 1.54) is 6.33 Å². The van der Waals surface area contributed by atoms with Crippen molar-refractivity contribution in [3.05, 3.63) is 42.5 Å². The Balaban J connectivity index is 1.89. The molecule has 1 aromatic carbocycles. The van der Waals surface area contributed by atoms with E-state index in [0.717, 1.165) is 0 Å². The van der Waals surface area contributed by atoms with E-state index >= 15 is 0 Å². The summed E-state index contributed by atoms with van der Waals surface area (Å²) in [5.41, 5.74) is 1.25. The van der Waals surface area contributed by atoms with Crippen molar-refractivity contribution in [3.63, 3.8) is 0 Å². The molecule has 1 aromatic heterocycles. The molecule has 0 spiro atoms. The first-order chi connectivity index (χ1) is 10.8. The quantitative estimate of drug-likeness (QED) is 0.885. The zero-order valence-corrected chi connectivity index (χ0v) is 12.1. The third kappa shape index (κ3) is 3.00. The number of rotatable bonds is 3. The topological polar surface area (TPSA) is 80.5 Å². The van der Waals surface area contributed by atoms with Crippen LogP contribution >= 0.6 is 0 Å². The predicted molar refractivity (Wildman–Crippen MR) is 78.7 cm³/mol. The molecule has 1 saturated heterocycles. The van der Waals surface area contributed by atoms with Gasteiger partial charge in [-0.15, -0.1) is 0 Å². The van der Waals surface area contributed by atoms with Gasteiger partial charge in [0.25, 0.3) is 5.91 Å². The number of carbonyl (C=O) groups is 1. The van der Waals surface area contributed by atoms with Gasteiger partial charge >= 0.3 is 0 Å². The number of hydrogen-bond acceptors (Lipinski definition) is 5. The second kappa shape index (κ2) is 6.67. The Morgan fingerprint density at radius 2 is 2.27 bits per heavy atom. The minimum absolute atomic E-state index is 0.00844. The first-order valence-electron chi connectivity index (χ1n) is 7.21. The highest BCUT2D eigenvalue weighted by molar-refractivity contribution is 5.97. The first kappa shape index (κ1) is 14.7. The SMILES string of the molecule is O=C(c1ccccc1-n1cncn1)N1CCOCC(CO)C1. The lowest BCUT2D eigenvalue weighted by Gasteiger charge is -2.23. The van der Waals surface area contributed by atoms with Crippen LogP contribution in [0.15, 0.2) is 36.9 Å². The van der Waals surface area contributed by atoms with Crippen LogP contribution in [0.2, 0.25) is 0 Å². The highest BCUT2D eigenvalue weighted by Crippen LogP contribution is 2.17. The summed E-state index contributed by atoms with van der Waals surface area (Å²) in [4.78, 5) is 18.5. The highest BCUT2D eigenvalue weighted by atomic mass is 16.5. The number of aliphatic hydroxyl groups excluding tert-OH is 1. The van der Waals surface area contributed by atoms with Gasteiger partial charge in [-0.05, 0) is 12.1 Å². The molecule has 1 atom stereocenters. The second-order valence-electron chi connectivity index (χ2n) is 5.23. The number of para-hydroxylation sites is 1. The highest BCUT2D eigenvalue weighted by Gasteiger charge is 2.24. The molecular formula is C15H18N4O3. The van der Waals surface area contributed by atoms with Gasteiger partial charge in [0.2, 0.25) is 0 Å². The van der Waals surface area contributed by atoms with Crippen LogP contribution < -0.4 is 0 Å². The van der Waals surface area contributed by atoms with Crippen LogP contribution in [0.3, 0.4) is 0 Å². The fraction of sp³-hybridized carbons (Fsp3) is 0.400.